The molecule has 0 aromatic heterocycles. The molecule has 1 aliphatic heterocycles. The lowest BCUT2D eigenvalue weighted by Gasteiger charge is -2.29. The molecule has 31 heavy (non-hydrogen) atoms. The molecule has 0 amide bonds. The second kappa shape index (κ2) is 9.33. The Morgan fingerprint density at radius 3 is 2.35 bits per heavy atom. The van der Waals surface area contributed by atoms with Gasteiger partial charge >= 0.3 is 5.97 Å². The number of esters is 1. The van der Waals surface area contributed by atoms with E-state index in [1.165, 1.54) is 12.1 Å². The number of nitro groups is 1. The average molecular weight is 467 g/mol. The van der Waals surface area contributed by atoms with Crippen LogP contribution in [0.2, 0.25) is 5.02 Å². The van der Waals surface area contributed by atoms with Crippen LogP contribution in [0.15, 0.2) is 53.4 Å². The topological polar surface area (TPSA) is 107 Å². The highest BCUT2D eigenvalue weighted by Gasteiger charge is 2.54. The van der Waals surface area contributed by atoms with Crippen molar-refractivity contribution in [2.24, 2.45) is 0 Å². The van der Waals surface area contributed by atoms with Crippen molar-refractivity contribution in [2.45, 2.75) is 49.7 Å². The zero-order valence-corrected chi connectivity index (χ0v) is 18.7. The molecule has 10 heteroatoms. The third-order valence-electron chi connectivity index (χ3n) is 5.30. The molecule has 3 rings (SSSR count). The molecule has 2 aromatic rings. The van der Waals surface area contributed by atoms with Crippen molar-refractivity contribution in [2.75, 3.05) is 6.61 Å². The monoisotopic (exact) mass is 466 g/mol. The van der Waals surface area contributed by atoms with E-state index in [2.05, 4.69) is 0 Å². The minimum absolute atomic E-state index is 0.00919. The van der Waals surface area contributed by atoms with Crippen LogP contribution in [0, 0.1) is 17.0 Å². The van der Waals surface area contributed by atoms with Crippen LogP contribution in [0.5, 0.6) is 0 Å². The SMILES string of the molecule is CCOC(=O)C[C@@H]1C[C@@H]([N+](=O)[O-])[C@H](c2ccc(Cl)cc2)N1S(=O)(=O)c1ccc(C)cc1. The summed E-state index contributed by atoms with van der Waals surface area (Å²) in [5.74, 6) is -0.601. The lowest BCUT2D eigenvalue weighted by Crippen LogP contribution is -2.40. The van der Waals surface area contributed by atoms with Crippen molar-refractivity contribution in [3.05, 3.63) is 74.8 Å². The lowest BCUT2D eigenvalue weighted by molar-refractivity contribution is -0.525. The van der Waals surface area contributed by atoms with E-state index < -0.39 is 39.0 Å². The summed E-state index contributed by atoms with van der Waals surface area (Å²) in [5, 5.41) is 12.3. The minimum Gasteiger partial charge on any atom is -0.466 e. The van der Waals surface area contributed by atoms with Crippen LogP contribution in [0.3, 0.4) is 0 Å². The number of halogens is 1. The fourth-order valence-electron chi connectivity index (χ4n) is 3.90. The van der Waals surface area contributed by atoms with Gasteiger partial charge in [0.15, 0.2) is 0 Å². The zero-order chi connectivity index (χ0) is 22.8. The summed E-state index contributed by atoms with van der Waals surface area (Å²) in [4.78, 5) is 23.6. The molecule has 0 N–H and O–H groups in total. The predicted octanol–water partition coefficient (Wildman–Crippen LogP) is 3.75. The highest BCUT2D eigenvalue weighted by atomic mass is 35.5. The third kappa shape index (κ3) is 4.89. The summed E-state index contributed by atoms with van der Waals surface area (Å²) in [6, 6.07) is 9.29. The maximum absolute atomic E-state index is 13.6. The van der Waals surface area contributed by atoms with Crippen molar-refractivity contribution in [3.8, 4) is 0 Å². The zero-order valence-electron chi connectivity index (χ0n) is 17.1. The molecule has 3 atom stereocenters. The number of benzene rings is 2. The molecule has 1 saturated heterocycles. The Labute approximate surface area is 186 Å². The first-order valence-corrected chi connectivity index (χ1v) is 11.6. The Morgan fingerprint density at radius 2 is 1.81 bits per heavy atom. The van der Waals surface area contributed by atoms with Gasteiger partial charge in [0.25, 0.3) is 0 Å². The van der Waals surface area contributed by atoms with Crippen molar-refractivity contribution >= 4 is 27.6 Å². The number of aryl methyl sites for hydroxylation is 1. The van der Waals surface area contributed by atoms with Gasteiger partial charge in [-0.2, -0.15) is 4.31 Å². The average Bonchev–Trinajstić information content (AvgIpc) is 3.09. The summed E-state index contributed by atoms with van der Waals surface area (Å²) in [5.41, 5.74) is 1.31. The fraction of sp³-hybridized carbons (Fsp3) is 0.381. The molecule has 8 nitrogen and oxygen atoms in total. The van der Waals surface area contributed by atoms with Crippen LogP contribution >= 0.6 is 11.6 Å². The quantitative estimate of drug-likeness (QED) is 0.349. The molecule has 166 valence electrons. The highest BCUT2D eigenvalue weighted by molar-refractivity contribution is 7.89. The van der Waals surface area contributed by atoms with Gasteiger partial charge in [-0.25, -0.2) is 8.42 Å². The van der Waals surface area contributed by atoms with Crippen LogP contribution in [-0.2, 0) is 19.6 Å². The van der Waals surface area contributed by atoms with Crippen LogP contribution in [-0.4, -0.2) is 42.3 Å². The largest absolute Gasteiger partial charge is 0.466 e. The van der Waals surface area contributed by atoms with Gasteiger partial charge in [0, 0.05) is 22.4 Å². The second-order valence-corrected chi connectivity index (χ2v) is 9.68. The number of hydrogen-bond acceptors (Lipinski definition) is 6. The Kier molecular flexibility index (Phi) is 6.98. The molecule has 0 aliphatic carbocycles. The van der Waals surface area contributed by atoms with Gasteiger partial charge in [-0.3, -0.25) is 14.9 Å². The molecule has 2 aromatic carbocycles. The molecule has 1 aliphatic rings. The van der Waals surface area contributed by atoms with E-state index in [-0.39, 0.29) is 24.3 Å². The second-order valence-electron chi connectivity index (χ2n) is 7.40. The van der Waals surface area contributed by atoms with E-state index in [0.29, 0.717) is 10.6 Å². The van der Waals surface area contributed by atoms with E-state index in [9.17, 15) is 23.3 Å². The van der Waals surface area contributed by atoms with Crippen LogP contribution < -0.4 is 0 Å². The van der Waals surface area contributed by atoms with Gasteiger partial charge in [-0.05, 0) is 43.7 Å². The van der Waals surface area contributed by atoms with E-state index >= 15 is 0 Å². The summed E-state index contributed by atoms with van der Waals surface area (Å²) >= 11 is 5.96. The number of ether oxygens (including phenoxy) is 1. The normalized spacial score (nSPS) is 21.7. The Morgan fingerprint density at radius 1 is 1.19 bits per heavy atom. The maximum Gasteiger partial charge on any atom is 0.307 e. The predicted molar refractivity (Wildman–Crippen MR) is 115 cm³/mol. The summed E-state index contributed by atoms with van der Waals surface area (Å²) < 4.78 is 33.4. The third-order valence-corrected chi connectivity index (χ3v) is 7.50. The molecule has 0 saturated carbocycles. The van der Waals surface area contributed by atoms with Crippen molar-refractivity contribution in [1.29, 1.82) is 0 Å². The Balaban J connectivity index is 2.13. The minimum atomic E-state index is -4.15. The van der Waals surface area contributed by atoms with E-state index in [1.807, 2.05) is 6.92 Å². The maximum atomic E-state index is 13.6. The molecule has 0 radical (unpaired) electrons. The number of hydrogen-bond donors (Lipinski definition) is 0. The van der Waals surface area contributed by atoms with Crippen molar-refractivity contribution < 1.29 is 22.9 Å². The van der Waals surface area contributed by atoms with E-state index in [1.54, 1.807) is 43.3 Å². The fourth-order valence-corrected chi connectivity index (χ4v) is 5.87. The van der Waals surface area contributed by atoms with Crippen molar-refractivity contribution in [3.63, 3.8) is 0 Å². The molecule has 1 heterocycles. The van der Waals surface area contributed by atoms with Gasteiger partial charge in [-0.1, -0.05) is 41.4 Å². The summed E-state index contributed by atoms with van der Waals surface area (Å²) in [7, 11) is -4.15. The number of sulfonamides is 1. The van der Waals surface area contributed by atoms with Gasteiger partial charge in [-0.15, -0.1) is 0 Å². The first kappa shape index (κ1) is 23.2. The van der Waals surface area contributed by atoms with Gasteiger partial charge in [0.1, 0.15) is 6.04 Å². The standard InChI is InChI=1S/C21H23ClN2O6S/c1-3-30-20(25)13-17-12-19(24(26)27)21(15-6-8-16(22)9-7-15)23(17)31(28,29)18-10-4-14(2)5-11-18/h4-11,17,19,21H,3,12-13H2,1-2H3/t17-,19+,21-/m0/s1. The van der Waals surface area contributed by atoms with Crippen LogP contribution in [0.1, 0.15) is 36.9 Å². The van der Waals surface area contributed by atoms with Crippen molar-refractivity contribution in [1.82, 2.24) is 4.31 Å². The molecule has 0 bridgehead atoms. The Hall–Kier alpha value is -2.49. The van der Waals surface area contributed by atoms with Crippen LogP contribution in [0.25, 0.3) is 0 Å². The number of carbonyl (C=O) groups is 1. The molecule has 0 unspecified atom stereocenters. The van der Waals surface area contributed by atoms with E-state index in [0.717, 1.165) is 9.87 Å². The van der Waals surface area contributed by atoms with Gasteiger partial charge in [0.2, 0.25) is 16.1 Å². The first-order chi connectivity index (χ1) is 14.6. The smallest absolute Gasteiger partial charge is 0.307 e. The molecule has 1 fully saturated rings. The number of carbonyl (C=O) groups excluding carboxylic acids is 1. The molecular formula is C21H23ClN2O6S. The highest BCUT2D eigenvalue weighted by Crippen LogP contribution is 2.43. The van der Waals surface area contributed by atoms with Gasteiger partial charge < -0.3 is 4.74 Å². The first-order valence-electron chi connectivity index (χ1n) is 9.80. The Bertz CT molecular complexity index is 1060. The molecular weight excluding hydrogens is 444 g/mol. The van der Waals surface area contributed by atoms with Gasteiger partial charge in [0.05, 0.1) is 17.9 Å². The number of rotatable bonds is 7. The summed E-state index contributed by atoms with van der Waals surface area (Å²) in [6.45, 7) is 3.61. The lowest BCUT2D eigenvalue weighted by atomic mass is 10.0. The van der Waals surface area contributed by atoms with E-state index in [4.69, 9.17) is 16.3 Å². The summed E-state index contributed by atoms with van der Waals surface area (Å²) in [6.07, 6.45) is -0.377. The van der Waals surface area contributed by atoms with Crippen LogP contribution in [0.4, 0.5) is 0 Å². The molecule has 0 spiro atoms. The number of nitrogens with zero attached hydrogens (tertiary/aromatic N) is 2.